The molecular weight excluding hydrogens is 245 g/mol. The smallest absolute Gasteiger partial charge is 0.324 e. The van der Waals surface area contributed by atoms with Crippen molar-refractivity contribution in [3.8, 4) is 0 Å². The minimum Gasteiger partial charge on any atom is -0.324 e. The molecule has 0 fully saturated rings. The molecule has 1 aromatic rings. The highest BCUT2D eigenvalue weighted by Gasteiger charge is 2.33. The van der Waals surface area contributed by atoms with Crippen LogP contribution < -0.4 is 11.1 Å². The van der Waals surface area contributed by atoms with E-state index in [9.17, 15) is 18.0 Å². The molecule has 0 heterocycles. The Morgan fingerprint density at radius 2 is 1.83 bits per heavy atom. The molecule has 0 radical (unpaired) electrons. The van der Waals surface area contributed by atoms with Crippen LogP contribution in [0.1, 0.15) is 25.0 Å². The van der Waals surface area contributed by atoms with Gasteiger partial charge in [-0.2, -0.15) is 13.2 Å². The number of benzene rings is 1. The Hall–Kier alpha value is -1.56. The van der Waals surface area contributed by atoms with Gasteiger partial charge >= 0.3 is 6.18 Å². The lowest BCUT2D eigenvalue weighted by Crippen LogP contribution is -2.45. The van der Waals surface area contributed by atoms with Gasteiger partial charge in [-0.1, -0.05) is 6.07 Å². The molecule has 3 N–H and O–H groups in total. The van der Waals surface area contributed by atoms with Crippen molar-refractivity contribution in [2.75, 3.05) is 5.32 Å². The van der Waals surface area contributed by atoms with E-state index in [1.54, 1.807) is 0 Å². The maximum atomic E-state index is 12.7. The summed E-state index contributed by atoms with van der Waals surface area (Å²) in [7, 11) is 0. The summed E-state index contributed by atoms with van der Waals surface area (Å²) in [6.45, 7) is 4.26. The quantitative estimate of drug-likeness (QED) is 0.859. The second-order valence-electron chi connectivity index (χ2n) is 4.65. The highest BCUT2D eigenvalue weighted by molar-refractivity contribution is 5.97. The predicted octanol–water partition coefficient (Wildman–Crippen LogP) is 2.69. The zero-order chi connectivity index (χ0) is 14.1. The van der Waals surface area contributed by atoms with Crippen molar-refractivity contribution >= 4 is 11.6 Å². The standard InChI is InChI=1S/C12H15F3N2O/c1-7-8(12(13,14)15)5-4-6-9(7)17-10(18)11(2,3)16/h4-6H,16H2,1-3H3,(H,17,18). The molecule has 6 heteroatoms. The van der Waals surface area contributed by atoms with Gasteiger partial charge in [0.05, 0.1) is 11.1 Å². The molecule has 0 saturated carbocycles. The Kier molecular flexibility index (Phi) is 3.71. The third-order valence-corrected chi connectivity index (χ3v) is 2.47. The van der Waals surface area contributed by atoms with Crippen molar-refractivity contribution < 1.29 is 18.0 Å². The van der Waals surface area contributed by atoms with E-state index in [1.807, 2.05) is 0 Å². The molecule has 0 aliphatic heterocycles. The van der Waals surface area contributed by atoms with E-state index in [2.05, 4.69) is 5.32 Å². The fourth-order valence-corrected chi connectivity index (χ4v) is 1.36. The number of amides is 1. The largest absolute Gasteiger partial charge is 0.416 e. The van der Waals surface area contributed by atoms with Gasteiger partial charge in [-0.25, -0.2) is 0 Å². The summed E-state index contributed by atoms with van der Waals surface area (Å²) >= 11 is 0. The summed E-state index contributed by atoms with van der Waals surface area (Å²) in [4.78, 5) is 11.6. The lowest BCUT2D eigenvalue weighted by Gasteiger charge is -2.20. The van der Waals surface area contributed by atoms with Gasteiger partial charge in [-0.05, 0) is 38.5 Å². The zero-order valence-corrected chi connectivity index (χ0v) is 10.4. The average Bonchev–Trinajstić information content (AvgIpc) is 2.17. The molecule has 0 atom stereocenters. The molecule has 0 spiro atoms. The molecular formula is C12H15F3N2O. The van der Waals surface area contributed by atoms with Gasteiger partial charge in [0.25, 0.3) is 0 Å². The molecule has 0 unspecified atom stereocenters. The maximum Gasteiger partial charge on any atom is 0.416 e. The highest BCUT2D eigenvalue weighted by atomic mass is 19.4. The molecule has 1 aromatic carbocycles. The molecule has 18 heavy (non-hydrogen) atoms. The topological polar surface area (TPSA) is 55.1 Å². The Morgan fingerprint density at radius 1 is 1.28 bits per heavy atom. The first-order valence-electron chi connectivity index (χ1n) is 5.30. The lowest BCUT2D eigenvalue weighted by molar-refractivity contribution is -0.138. The summed E-state index contributed by atoms with van der Waals surface area (Å²) < 4.78 is 38.0. The van der Waals surface area contributed by atoms with E-state index in [1.165, 1.54) is 32.9 Å². The highest BCUT2D eigenvalue weighted by Crippen LogP contribution is 2.34. The van der Waals surface area contributed by atoms with Crippen LogP contribution >= 0.6 is 0 Å². The number of rotatable bonds is 2. The molecule has 0 aliphatic carbocycles. The lowest BCUT2D eigenvalue weighted by atomic mass is 10.0. The minimum atomic E-state index is -4.44. The number of carbonyl (C=O) groups excluding carboxylic acids is 1. The van der Waals surface area contributed by atoms with Crippen LogP contribution in [0.4, 0.5) is 18.9 Å². The van der Waals surface area contributed by atoms with Gasteiger partial charge in [-0.15, -0.1) is 0 Å². The number of nitrogens with two attached hydrogens (primary N) is 1. The Labute approximate surface area is 103 Å². The molecule has 0 aliphatic rings. The van der Waals surface area contributed by atoms with Crippen LogP contribution in [0, 0.1) is 6.92 Å². The monoisotopic (exact) mass is 260 g/mol. The van der Waals surface area contributed by atoms with Gasteiger partial charge in [0.1, 0.15) is 0 Å². The van der Waals surface area contributed by atoms with Crippen molar-refractivity contribution in [3.05, 3.63) is 29.3 Å². The van der Waals surface area contributed by atoms with Crippen molar-refractivity contribution in [2.45, 2.75) is 32.5 Å². The fourth-order valence-electron chi connectivity index (χ4n) is 1.36. The first-order chi connectivity index (χ1) is 8.03. The van der Waals surface area contributed by atoms with E-state index in [4.69, 9.17) is 5.73 Å². The van der Waals surface area contributed by atoms with Gasteiger partial charge in [0.2, 0.25) is 5.91 Å². The molecule has 100 valence electrons. The van der Waals surface area contributed by atoms with Crippen LogP contribution in [0.2, 0.25) is 0 Å². The zero-order valence-electron chi connectivity index (χ0n) is 10.4. The summed E-state index contributed by atoms with van der Waals surface area (Å²) in [6.07, 6.45) is -4.44. The molecule has 3 nitrogen and oxygen atoms in total. The van der Waals surface area contributed by atoms with Crippen molar-refractivity contribution in [3.63, 3.8) is 0 Å². The van der Waals surface area contributed by atoms with Crippen LogP contribution in [0.15, 0.2) is 18.2 Å². The third kappa shape index (κ3) is 3.22. The Bertz CT molecular complexity index is 461. The fraction of sp³-hybridized carbons (Fsp3) is 0.417. The Balaban J connectivity index is 3.10. The van der Waals surface area contributed by atoms with Crippen LogP contribution in [0.25, 0.3) is 0 Å². The summed E-state index contributed by atoms with van der Waals surface area (Å²) in [5.74, 6) is -0.537. The van der Waals surface area contributed by atoms with Crippen LogP contribution in [-0.2, 0) is 11.0 Å². The van der Waals surface area contributed by atoms with E-state index >= 15 is 0 Å². The number of hydrogen-bond donors (Lipinski definition) is 2. The van der Waals surface area contributed by atoms with Gasteiger partial charge < -0.3 is 11.1 Å². The third-order valence-electron chi connectivity index (χ3n) is 2.47. The number of anilines is 1. The van der Waals surface area contributed by atoms with E-state index in [0.29, 0.717) is 0 Å². The second-order valence-corrected chi connectivity index (χ2v) is 4.65. The van der Waals surface area contributed by atoms with Crippen LogP contribution in [-0.4, -0.2) is 11.4 Å². The first-order valence-corrected chi connectivity index (χ1v) is 5.30. The molecule has 0 aromatic heterocycles. The molecule has 1 amide bonds. The second kappa shape index (κ2) is 4.61. The van der Waals surface area contributed by atoms with Crippen molar-refractivity contribution in [1.29, 1.82) is 0 Å². The SMILES string of the molecule is Cc1c(NC(=O)C(C)(C)N)cccc1C(F)(F)F. The van der Waals surface area contributed by atoms with Crippen molar-refractivity contribution in [1.82, 2.24) is 0 Å². The van der Waals surface area contributed by atoms with E-state index < -0.39 is 23.2 Å². The average molecular weight is 260 g/mol. The van der Waals surface area contributed by atoms with Gasteiger partial charge in [0.15, 0.2) is 0 Å². The summed E-state index contributed by atoms with van der Waals surface area (Å²) in [5.41, 5.74) is 3.74. The number of nitrogens with one attached hydrogen (secondary N) is 1. The number of hydrogen-bond acceptors (Lipinski definition) is 2. The predicted molar refractivity (Wildman–Crippen MR) is 63.1 cm³/mol. The van der Waals surface area contributed by atoms with Crippen LogP contribution in [0.5, 0.6) is 0 Å². The number of alkyl halides is 3. The number of carbonyl (C=O) groups is 1. The van der Waals surface area contributed by atoms with Gasteiger partial charge in [0, 0.05) is 5.69 Å². The normalized spacial score (nSPS) is 12.4. The number of halogens is 3. The Morgan fingerprint density at radius 3 is 2.28 bits per heavy atom. The van der Waals surface area contributed by atoms with Gasteiger partial charge in [-0.3, -0.25) is 4.79 Å². The van der Waals surface area contributed by atoms with Crippen LogP contribution in [0.3, 0.4) is 0 Å². The summed E-state index contributed by atoms with van der Waals surface area (Å²) in [5, 5.41) is 2.40. The van der Waals surface area contributed by atoms with Crippen molar-refractivity contribution in [2.24, 2.45) is 5.73 Å². The first kappa shape index (κ1) is 14.5. The molecule has 1 rings (SSSR count). The minimum absolute atomic E-state index is 0.0254. The molecule has 0 bridgehead atoms. The van der Waals surface area contributed by atoms with E-state index in [0.717, 1.165) is 6.07 Å². The maximum absolute atomic E-state index is 12.7. The van der Waals surface area contributed by atoms with E-state index in [-0.39, 0.29) is 11.3 Å². The summed E-state index contributed by atoms with van der Waals surface area (Å²) in [6, 6.07) is 3.63. The molecule has 0 saturated heterocycles.